The Balaban J connectivity index is 2.92. The number of hydrogen-bond acceptors (Lipinski definition) is 0. The summed E-state index contributed by atoms with van der Waals surface area (Å²) in [5, 5.41) is 0. The van der Waals surface area contributed by atoms with Crippen LogP contribution in [0.2, 0.25) is 58.9 Å². The van der Waals surface area contributed by atoms with E-state index in [1.165, 1.54) is 0 Å². The fourth-order valence-corrected chi connectivity index (χ4v) is 5.77. The summed E-state index contributed by atoms with van der Waals surface area (Å²) in [6.07, 6.45) is 12.1. The molecule has 0 atom stereocenters. The molecule has 3 heteroatoms. The molecule has 112 valence electrons. The second-order valence-corrected chi connectivity index (χ2v) is 24.2. The summed E-state index contributed by atoms with van der Waals surface area (Å²) in [4.78, 5) is 0. The van der Waals surface area contributed by atoms with Crippen LogP contribution in [0.25, 0.3) is 0 Å². The summed E-state index contributed by atoms with van der Waals surface area (Å²) in [5.41, 5.74) is 4.75. The molecule has 0 aromatic carbocycles. The molecule has 1 fully saturated rings. The van der Waals surface area contributed by atoms with Gasteiger partial charge in [-0.1, -0.05) is 58.9 Å². The molecule has 0 aromatic rings. The predicted molar refractivity (Wildman–Crippen MR) is 101 cm³/mol. The van der Waals surface area contributed by atoms with Crippen molar-refractivity contribution in [1.82, 2.24) is 0 Å². The van der Waals surface area contributed by atoms with Gasteiger partial charge in [0.25, 0.3) is 0 Å². The van der Waals surface area contributed by atoms with Crippen LogP contribution in [-0.4, -0.2) is 24.2 Å². The van der Waals surface area contributed by atoms with Crippen molar-refractivity contribution in [1.29, 1.82) is 0 Å². The highest BCUT2D eigenvalue weighted by Gasteiger charge is 2.40. The molecule has 1 saturated carbocycles. The molecule has 0 aromatic heterocycles. The molecule has 0 heterocycles. The molecule has 0 bridgehead atoms. The van der Waals surface area contributed by atoms with E-state index in [1.807, 2.05) is 0 Å². The van der Waals surface area contributed by atoms with Crippen molar-refractivity contribution in [3.05, 3.63) is 48.7 Å². The average molecular weight is 321 g/mol. The van der Waals surface area contributed by atoms with Crippen LogP contribution in [0.3, 0.4) is 0 Å². The summed E-state index contributed by atoms with van der Waals surface area (Å²) in [5.74, 6) is 0. The van der Waals surface area contributed by atoms with Gasteiger partial charge in [0, 0.05) is 0 Å². The lowest BCUT2D eigenvalue weighted by molar-refractivity contribution is 1.10. The van der Waals surface area contributed by atoms with Gasteiger partial charge in [0.15, 0.2) is 0 Å². The average Bonchev–Trinajstić information content (AvgIpc) is 2.09. The van der Waals surface area contributed by atoms with Gasteiger partial charge < -0.3 is 0 Å². The Kier molecular flexibility index (Phi) is 5.99. The molecule has 0 nitrogen and oxygen atoms in total. The van der Waals surface area contributed by atoms with Crippen molar-refractivity contribution in [3.8, 4) is 0 Å². The van der Waals surface area contributed by atoms with Gasteiger partial charge in [-0.25, -0.2) is 0 Å². The zero-order valence-electron chi connectivity index (χ0n) is 14.9. The van der Waals surface area contributed by atoms with Gasteiger partial charge in [-0.3, -0.25) is 0 Å². The lowest BCUT2D eigenvalue weighted by atomic mass is 9.99. The number of hydrogen-bond donors (Lipinski definition) is 0. The van der Waals surface area contributed by atoms with Crippen molar-refractivity contribution < 1.29 is 0 Å². The maximum absolute atomic E-state index is 2.51. The molecule has 1 aliphatic carbocycles. The van der Waals surface area contributed by atoms with Crippen LogP contribution >= 0.6 is 0 Å². The summed E-state index contributed by atoms with van der Waals surface area (Å²) in [6, 6.07) is 0. The van der Waals surface area contributed by atoms with E-state index in [4.69, 9.17) is 0 Å². The summed E-state index contributed by atoms with van der Waals surface area (Å²) < 4.78 is 0. The molecule has 0 amide bonds. The SMILES string of the molecule is C[Si](C)(C)[C]1[CH][CH][C]([Si](C)(C)C)[CH][C]([Si](C)(C)C)[CH][CH]1. The van der Waals surface area contributed by atoms with Gasteiger partial charge in [0.05, 0.1) is 24.2 Å². The van der Waals surface area contributed by atoms with E-state index >= 15 is 0 Å². The van der Waals surface area contributed by atoms with E-state index < -0.39 is 24.2 Å². The first-order valence-corrected chi connectivity index (χ1v) is 18.1. The van der Waals surface area contributed by atoms with Gasteiger partial charge in [0.2, 0.25) is 0 Å². The second-order valence-electron chi connectivity index (χ2n) is 8.93. The predicted octanol–water partition coefficient (Wildman–Crippen LogP) is 5.38. The monoisotopic (exact) mass is 320 g/mol. The Hall–Kier alpha value is 0.651. The van der Waals surface area contributed by atoms with E-state index in [-0.39, 0.29) is 0 Å². The molecule has 20 heavy (non-hydrogen) atoms. The van der Waals surface area contributed by atoms with E-state index in [0.717, 1.165) is 0 Å². The van der Waals surface area contributed by atoms with Gasteiger partial charge in [-0.15, -0.1) is 0 Å². The van der Waals surface area contributed by atoms with Crippen LogP contribution in [0.1, 0.15) is 0 Å². The van der Waals surface area contributed by atoms with Gasteiger partial charge in [-0.2, -0.15) is 0 Å². The maximum atomic E-state index is 2.51. The third-order valence-electron chi connectivity index (χ3n) is 3.79. The molecule has 0 spiro atoms. The zero-order chi connectivity index (χ0) is 15.8. The Morgan fingerprint density at radius 3 is 0.950 bits per heavy atom. The largest absolute Gasteiger partial charge is 0.0691 e. The lowest BCUT2D eigenvalue weighted by Crippen LogP contribution is -2.43. The number of rotatable bonds is 3. The Bertz CT molecular complexity index is 280. The van der Waals surface area contributed by atoms with Crippen molar-refractivity contribution in [3.63, 3.8) is 0 Å². The molecular weight excluding hydrogens is 288 g/mol. The van der Waals surface area contributed by atoms with E-state index in [0.29, 0.717) is 0 Å². The summed E-state index contributed by atoms with van der Waals surface area (Å²) >= 11 is 0. The standard InChI is InChI=1S/C17H32Si3/c1-18(2,3)15-10-12-16(19(4,5)6)14-17(13-11-15)20(7,8)9/h10-14H,1-9H3. The Labute approximate surface area is 132 Å². The molecular formula is C17H32Si3. The minimum atomic E-state index is -1.28. The molecule has 1 aliphatic rings. The highest BCUT2D eigenvalue weighted by atomic mass is 28.3. The fraction of sp³-hybridized carbons (Fsp3) is 0.529. The van der Waals surface area contributed by atoms with Crippen molar-refractivity contribution in [2.75, 3.05) is 0 Å². The zero-order valence-corrected chi connectivity index (χ0v) is 17.9. The normalized spacial score (nSPS) is 22.6. The summed E-state index contributed by atoms with van der Waals surface area (Å²) in [6.45, 7) is 22.0. The maximum Gasteiger partial charge on any atom is 0.0516 e. The van der Waals surface area contributed by atoms with Gasteiger partial charge in [0.1, 0.15) is 0 Å². The molecule has 0 aliphatic heterocycles. The van der Waals surface area contributed by atoms with Crippen LogP contribution in [0.5, 0.6) is 0 Å². The minimum Gasteiger partial charge on any atom is -0.0691 e. The highest BCUT2D eigenvalue weighted by molar-refractivity contribution is 6.86. The molecule has 8 radical (unpaired) electrons. The smallest absolute Gasteiger partial charge is 0.0516 e. The molecule has 0 saturated heterocycles. The van der Waals surface area contributed by atoms with E-state index in [1.54, 1.807) is 16.6 Å². The summed E-state index contributed by atoms with van der Waals surface area (Å²) in [7, 11) is -3.81. The van der Waals surface area contributed by atoms with Crippen LogP contribution < -0.4 is 0 Å². The first-order chi connectivity index (χ1) is 8.82. The first kappa shape index (κ1) is 18.7. The van der Waals surface area contributed by atoms with E-state index in [2.05, 4.69) is 91.0 Å². The fourth-order valence-electron chi connectivity index (χ4n) is 2.11. The molecule has 0 N–H and O–H groups in total. The minimum absolute atomic E-state index is 1.26. The van der Waals surface area contributed by atoms with Crippen LogP contribution in [0, 0.1) is 48.7 Å². The topological polar surface area (TPSA) is 0 Å². The second kappa shape index (κ2) is 6.41. The van der Waals surface area contributed by atoms with Gasteiger partial charge >= 0.3 is 0 Å². The van der Waals surface area contributed by atoms with Crippen LogP contribution in [-0.2, 0) is 0 Å². The Morgan fingerprint density at radius 1 is 0.450 bits per heavy atom. The molecule has 0 unspecified atom stereocenters. The van der Waals surface area contributed by atoms with Crippen LogP contribution in [0.4, 0.5) is 0 Å². The van der Waals surface area contributed by atoms with Crippen LogP contribution in [0.15, 0.2) is 0 Å². The first-order valence-electron chi connectivity index (χ1n) is 7.65. The van der Waals surface area contributed by atoms with Gasteiger partial charge in [-0.05, 0) is 48.7 Å². The third-order valence-corrected chi connectivity index (χ3v) is 9.95. The third kappa shape index (κ3) is 5.45. The quantitative estimate of drug-likeness (QED) is 0.613. The lowest BCUT2D eigenvalue weighted by Gasteiger charge is -2.41. The van der Waals surface area contributed by atoms with E-state index in [9.17, 15) is 0 Å². The van der Waals surface area contributed by atoms with Crippen molar-refractivity contribution >= 4 is 24.2 Å². The van der Waals surface area contributed by atoms with Crippen molar-refractivity contribution in [2.24, 2.45) is 0 Å². The molecule has 1 rings (SSSR count). The Morgan fingerprint density at radius 2 is 0.700 bits per heavy atom. The van der Waals surface area contributed by atoms with Crippen molar-refractivity contribution in [2.45, 2.75) is 58.9 Å². The highest BCUT2D eigenvalue weighted by Crippen LogP contribution is 2.41.